The van der Waals surface area contributed by atoms with Crippen LogP contribution in [-0.4, -0.2) is 45.2 Å². The second-order valence-electron chi connectivity index (χ2n) is 5.79. The average molecular weight is 332 g/mol. The molecule has 0 unspecified atom stereocenters. The first-order valence-electron chi connectivity index (χ1n) is 8.73. The lowest BCUT2D eigenvalue weighted by Crippen LogP contribution is -2.42. The molecule has 0 spiro atoms. The van der Waals surface area contributed by atoms with E-state index in [0.29, 0.717) is 6.54 Å². The first-order valence-corrected chi connectivity index (χ1v) is 8.73. The molecule has 132 valence electrons. The molecule has 2 N–H and O–H groups in total. The molecule has 0 atom stereocenters. The number of para-hydroxylation sites is 2. The normalized spacial score (nSPS) is 14.2. The van der Waals surface area contributed by atoms with Crippen molar-refractivity contribution in [1.29, 1.82) is 0 Å². The summed E-state index contributed by atoms with van der Waals surface area (Å²) in [4.78, 5) is 18.1. The van der Waals surface area contributed by atoms with Gasteiger partial charge in [-0.3, -0.25) is 9.79 Å². The summed E-state index contributed by atoms with van der Waals surface area (Å²) >= 11 is 0. The topological polar surface area (TPSA) is 66.0 Å². The van der Waals surface area contributed by atoms with E-state index in [1.165, 1.54) is 12.8 Å². The van der Waals surface area contributed by atoms with Gasteiger partial charge < -0.3 is 20.3 Å². The van der Waals surface area contributed by atoms with Gasteiger partial charge in [-0.25, -0.2) is 0 Å². The summed E-state index contributed by atoms with van der Waals surface area (Å²) in [6.45, 7) is 4.67. The summed E-state index contributed by atoms with van der Waals surface area (Å²) in [5, 5.41) is 6.60. The summed E-state index contributed by atoms with van der Waals surface area (Å²) in [5.74, 6) is 1.61. The number of hydrogen-bond donors (Lipinski definition) is 2. The number of amides is 1. The maximum atomic E-state index is 12.1. The zero-order valence-electron chi connectivity index (χ0n) is 14.7. The number of carbonyl (C=O) groups is 1. The van der Waals surface area contributed by atoms with Crippen LogP contribution in [0.15, 0.2) is 29.3 Å². The van der Waals surface area contributed by atoms with Crippen LogP contribution in [0, 0.1) is 0 Å². The first kappa shape index (κ1) is 18.1. The van der Waals surface area contributed by atoms with Gasteiger partial charge in [0, 0.05) is 26.7 Å². The number of benzene rings is 1. The van der Waals surface area contributed by atoms with Gasteiger partial charge in [0.2, 0.25) is 0 Å². The summed E-state index contributed by atoms with van der Waals surface area (Å²) in [7, 11) is 1.77. The van der Waals surface area contributed by atoms with Crippen molar-refractivity contribution in [3.05, 3.63) is 24.3 Å². The lowest BCUT2D eigenvalue weighted by Gasteiger charge is -2.29. The van der Waals surface area contributed by atoms with E-state index in [9.17, 15) is 4.79 Å². The Labute approximate surface area is 144 Å². The summed E-state index contributed by atoms with van der Waals surface area (Å²) < 4.78 is 5.46. The number of aliphatic imine (C=N–C) groups is 1. The highest BCUT2D eigenvalue weighted by molar-refractivity contribution is 5.97. The van der Waals surface area contributed by atoms with E-state index in [-0.39, 0.29) is 12.5 Å². The van der Waals surface area contributed by atoms with Gasteiger partial charge in [-0.1, -0.05) is 31.9 Å². The number of nitrogens with one attached hydrogen (secondary N) is 2. The maximum absolute atomic E-state index is 12.1. The Morgan fingerprint density at radius 2 is 1.96 bits per heavy atom. The number of guanidine groups is 1. The highest BCUT2D eigenvalue weighted by Crippen LogP contribution is 2.31. The van der Waals surface area contributed by atoms with Gasteiger partial charge in [-0.15, -0.1) is 0 Å². The summed E-state index contributed by atoms with van der Waals surface area (Å²) in [6, 6.07) is 7.67. The maximum Gasteiger partial charge on any atom is 0.265 e. The van der Waals surface area contributed by atoms with Crippen molar-refractivity contribution in [3.63, 3.8) is 0 Å². The summed E-state index contributed by atoms with van der Waals surface area (Å²) in [6.07, 6.45) is 4.43. The minimum absolute atomic E-state index is 0.00997. The molecule has 1 aromatic carbocycles. The molecule has 24 heavy (non-hydrogen) atoms. The van der Waals surface area contributed by atoms with Crippen molar-refractivity contribution < 1.29 is 9.53 Å². The van der Waals surface area contributed by atoms with Crippen LogP contribution in [0.2, 0.25) is 0 Å². The van der Waals surface area contributed by atoms with Crippen LogP contribution >= 0.6 is 0 Å². The Hall–Kier alpha value is -2.24. The number of rotatable bonds is 8. The van der Waals surface area contributed by atoms with Crippen molar-refractivity contribution in [2.45, 2.75) is 32.6 Å². The van der Waals surface area contributed by atoms with Crippen LogP contribution in [0.4, 0.5) is 5.69 Å². The number of anilines is 1. The Morgan fingerprint density at radius 3 is 2.71 bits per heavy atom. The standard InChI is InChI=1S/C18H28N4O2/c1-3-4-7-11-20-18(19-2)21-12-8-13-22-15-9-5-6-10-16(15)24-14-17(22)23/h5-6,9-10H,3-4,7-8,11-14H2,1-2H3,(H2,19,20,21). The fourth-order valence-electron chi connectivity index (χ4n) is 2.65. The van der Waals surface area contributed by atoms with Crippen LogP contribution in [0.25, 0.3) is 0 Å². The third-order valence-electron chi connectivity index (χ3n) is 3.96. The van der Waals surface area contributed by atoms with Crippen LogP contribution < -0.4 is 20.3 Å². The minimum atomic E-state index is 0.00997. The number of fused-ring (bicyclic) bond motifs is 1. The van der Waals surface area contributed by atoms with Crippen LogP contribution in [-0.2, 0) is 4.79 Å². The molecule has 0 aliphatic carbocycles. The number of nitrogens with zero attached hydrogens (tertiary/aromatic N) is 2. The van der Waals surface area contributed by atoms with Crippen molar-refractivity contribution in [2.24, 2.45) is 4.99 Å². The third-order valence-corrected chi connectivity index (χ3v) is 3.96. The van der Waals surface area contributed by atoms with Gasteiger partial charge in [-0.05, 0) is 25.0 Å². The second kappa shape index (κ2) is 9.80. The van der Waals surface area contributed by atoms with Gasteiger partial charge in [0.15, 0.2) is 12.6 Å². The van der Waals surface area contributed by atoms with Gasteiger partial charge in [0.1, 0.15) is 5.75 Å². The molecule has 0 radical (unpaired) electrons. The lowest BCUT2D eigenvalue weighted by atomic mass is 10.2. The van der Waals surface area contributed by atoms with Crippen molar-refractivity contribution in [2.75, 3.05) is 38.2 Å². The number of ether oxygens (including phenoxy) is 1. The van der Waals surface area contributed by atoms with Crippen molar-refractivity contribution in [3.8, 4) is 5.75 Å². The molecule has 6 heteroatoms. The molecule has 0 fully saturated rings. The molecule has 1 aliphatic rings. The molecule has 0 saturated heterocycles. The molecule has 6 nitrogen and oxygen atoms in total. The van der Waals surface area contributed by atoms with Gasteiger partial charge in [0.05, 0.1) is 5.69 Å². The minimum Gasteiger partial charge on any atom is -0.482 e. The van der Waals surface area contributed by atoms with Gasteiger partial charge in [0.25, 0.3) is 5.91 Å². The zero-order valence-corrected chi connectivity index (χ0v) is 14.7. The highest BCUT2D eigenvalue weighted by Gasteiger charge is 2.24. The second-order valence-corrected chi connectivity index (χ2v) is 5.79. The third kappa shape index (κ3) is 5.15. The molecule has 0 aromatic heterocycles. The number of unbranched alkanes of at least 4 members (excludes halogenated alkanes) is 2. The average Bonchev–Trinajstić information content (AvgIpc) is 2.61. The van der Waals surface area contributed by atoms with E-state index in [1.807, 2.05) is 24.3 Å². The smallest absolute Gasteiger partial charge is 0.265 e. The predicted octanol–water partition coefficient (Wildman–Crippen LogP) is 2.16. The Balaban J connectivity index is 1.74. The predicted molar refractivity (Wildman–Crippen MR) is 97.8 cm³/mol. The Bertz CT molecular complexity index is 560. The van der Waals surface area contributed by atoms with E-state index in [2.05, 4.69) is 22.5 Å². The fourth-order valence-corrected chi connectivity index (χ4v) is 2.65. The molecule has 1 heterocycles. The van der Waals surface area contributed by atoms with E-state index in [4.69, 9.17) is 4.74 Å². The summed E-state index contributed by atoms with van der Waals surface area (Å²) in [5.41, 5.74) is 0.857. The van der Waals surface area contributed by atoms with Crippen molar-refractivity contribution in [1.82, 2.24) is 10.6 Å². The SMILES string of the molecule is CCCCCNC(=NC)NCCCN1C(=O)COc2ccccc21. The highest BCUT2D eigenvalue weighted by atomic mass is 16.5. The van der Waals surface area contributed by atoms with E-state index >= 15 is 0 Å². The quantitative estimate of drug-likeness (QED) is 0.435. The monoisotopic (exact) mass is 332 g/mol. The van der Waals surface area contributed by atoms with E-state index < -0.39 is 0 Å². The molecule has 1 aliphatic heterocycles. The largest absolute Gasteiger partial charge is 0.482 e. The zero-order chi connectivity index (χ0) is 17.2. The molecule has 0 saturated carbocycles. The Kier molecular flexibility index (Phi) is 7.39. The van der Waals surface area contributed by atoms with Crippen LogP contribution in [0.3, 0.4) is 0 Å². The Morgan fingerprint density at radius 1 is 1.21 bits per heavy atom. The first-order chi connectivity index (χ1) is 11.8. The van der Waals surface area contributed by atoms with E-state index in [0.717, 1.165) is 43.3 Å². The van der Waals surface area contributed by atoms with Gasteiger partial charge >= 0.3 is 0 Å². The molecule has 1 aromatic rings. The number of carbonyl (C=O) groups excluding carboxylic acids is 1. The van der Waals surface area contributed by atoms with Crippen molar-refractivity contribution >= 4 is 17.6 Å². The van der Waals surface area contributed by atoms with Crippen LogP contribution in [0.5, 0.6) is 5.75 Å². The van der Waals surface area contributed by atoms with Crippen LogP contribution in [0.1, 0.15) is 32.6 Å². The molecular weight excluding hydrogens is 304 g/mol. The number of hydrogen-bond acceptors (Lipinski definition) is 3. The van der Waals surface area contributed by atoms with E-state index in [1.54, 1.807) is 11.9 Å². The molecule has 2 rings (SSSR count). The molecule has 0 bridgehead atoms. The molecular formula is C18H28N4O2. The molecule has 1 amide bonds. The van der Waals surface area contributed by atoms with Gasteiger partial charge in [-0.2, -0.15) is 0 Å². The fraction of sp³-hybridized carbons (Fsp3) is 0.556. The lowest BCUT2D eigenvalue weighted by molar-refractivity contribution is -0.121.